The molecule has 1 atom stereocenters. The maximum Gasteiger partial charge on any atom is 0.150 e. The predicted octanol–water partition coefficient (Wildman–Crippen LogP) is 5.37. The molecule has 0 saturated carbocycles. The van der Waals surface area contributed by atoms with Crippen molar-refractivity contribution in [3.8, 4) is 5.75 Å². The fraction of sp³-hybridized carbons (Fsp3) is 0.409. The number of phenols is 1. The van der Waals surface area contributed by atoms with E-state index in [-0.39, 0.29) is 11.7 Å². The summed E-state index contributed by atoms with van der Waals surface area (Å²) in [4.78, 5) is 13.5. The minimum atomic E-state index is 0.0565. The summed E-state index contributed by atoms with van der Waals surface area (Å²) in [6.07, 6.45) is 1.67. The van der Waals surface area contributed by atoms with Crippen molar-refractivity contribution >= 4 is 12.0 Å². The molecule has 0 aromatic heterocycles. The van der Waals surface area contributed by atoms with Gasteiger partial charge in [0.15, 0.2) is 0 Å². The van der Waals surface area contributed by atoms with Crippen LogP contribution in [0.15, 0.2) is 42.5 Å². The molecule has 0 heterocycles. The number of aromatic hydroxyl groups is 1. The quantitative estimate of drug-likeness (QED) is 0.689. The van der Waals surface area contributed by atoms with E-state index in [1.54, 1.807) is 18.2 Å². The summed E-state index contributed by atoms with van der Waals surface area (Å²) in [6.45, 7) is 10.9. The summed E-state index contributed by atoms with van der Waals surface area (Å²) in [5, 5.41) is 10.3. The highest BCUT2D eigenvalue weighted by Crippen LogP contribution is 2.36. The highest BCUT2D eigenvalue weighted by Gasteiger charge is 2.19. The summed E-state index contributed by atoms with van der Waals surface area (Å²) in [7, 11) is 0. The molecule has 1 unspecified atom stereocenters. The van der Waals surface area contributed by atoms with Gasteiger partial charge < -0.3 is 10.0 Å². The van der Waals surface area contributed by atoms with Crippen LogP contribution in [0.5, 0.6) is 5.75 Å². The van der Waals surface area contributed by atoms with Crippen LogP contribution in [0.2, 0.25) is 0 Å². The Labute approximate surface area is 151 Å². The van der Waals surface area contributed by atoms with E-state index < -0.39 is 0 Å². The van der Waals surface area contributed by atoms with Crippen molar-refractivity contribution in [2.24, 2.45) is 0 Å². The Balaban J connectivity index is 2.49. The van der Waals surface area contributed by atoms with Gasteiger partial charge in [-0.1, -0.05) is 19.1 Å². The van der Waals surface area contributed by atoms with Gasteiger partial charge in [-0.25, -0.2) is 0 Å². The molecule has 0 amide bonds. The normalized spacial score (nSPS) is 12.4. The van der Waals surface area contributed by atoms with Crippen molar-refractivity contribution in [1.82, 2.24) is 0 Å². The molecule has 0 spiro atoms. The Hall–Kier alpha value is -2.29. The molecule has 1 N–H and O–H groups in total. The molecule has 0 aliphatic carbocycles. The molecular formula is C22H29NO2. The summed E-state index contributed by atoms with van der Waals surface area (Å²) in [5.41, 5.74) is 3.75. The van der Waals surface area contributed by atoms with Crippen LogP contribution in [-0.4, -0.2) is 23.5 Å². The lowest BCUT2D eigenvalue weighted by Crippen LogP contribution is -2.37. The minimum Gasteiger partial charge on any atom is -0.508 e. The van der Waals surface area contributed by atoms with Crippen molar-refractivity contribution in [3.63, 3.8) is 0 Å². The highest BCUT2D eigenvalue weighted by atomic mass is 16.3. The number of carbonyl (C=O) groups excluding carboxylic acids is 1. The molecule has 0 aliphatic heterocycles. The molecule has 0 saturated heterocycles. The van der Waals surface area contributed by atoms with Gasteiger partial charge in [0.05, 0.1) is 0 Å². The monoisotopic (exact) mass is 339 g/mol. The third-order valence-electron chi connectivity index (χ3n) is 4.65. The van der Waals surface area contributed by atoms with E-state index in [0.717, 1.165) is 23.8 Å². The number of rotatable bonds is 7. The van der Waals surface area contributed by atoms with Crippen LogP contribution in [-0.2, 0) is 0 Å². The first kappa shape index (κ1) is 19.0. The molecular weight excluding hydrogens is 310 g/mol. The van der Waals surface area contributed by atoms with E-state index in [0.29, 0.717) is 17.6 Å². The van der Waals surface area contributed by atoms with Crippen LogP contribution in [0, 0.1) is 0 Å². The van der Waals surface area contributed by atoms with Gasteiger partial charge in [0.1, 0.15) is 12.0 Å². The molecule has 3 nitrogen and oxygen atoms in total. The Morgan fingerprint density at radius 1 is 1.04 bits per heavy atom. The Kier molecular flexibility index (Phi) is 6.24. The van der Waals surface area contributed by atoms with Crippen LogP contribution in [0.25, 0.3) is 0 Å². The smallest absolute Gasteiger partial charge is 0.150 e. The van der Waals surface area contributed by atoms with Gasteiger partial charge >= 0.3 is 0 Å². The van der Waals surface area contributed by atoms with E-state index in [9.17, 15) is 9.90 Å². The average molecular weight is 339 g/mol. The van der Waals surface area contributed by atoms with Crippen LogP contribution >= 0.6 is 0 Å². The van der Waals surface area contributed by atoms with Gasteiger partial charge in [0, 0.05) is 34.8 Å². The number of anilines is 1. The van der Waals surface area contributed by atoms with E-state index in [1.807, 2.05) is 0 Å². The van der Waals surface area contributed by atoms with Gasteiger partial charge in [-0.3, -0.25) is 4.79 Å². The van der Waals surface area contributed by atoms with Crippen LogP contribution in [0.1, 0.15) is 68.4 Å². The first-order chi connectivity index (χ1) is 11.9. The lowest BCUT2D eigenvalue weighted by atomic mass is 9.87. The lowest BCUT2D eigenvalue weighted by molar-refractivity contribution is 0.112. The summed E-state index contributed by atoms with van der Waals surface area (Å²) in [6, 6.07) is 14.4. The van der Waals surface area contributed by atoms with Crippen LogP contribution in [0.3, 0.4) is 0 Å². The maximum absolute atomic E-state index is 11.1. The summed E-state index contributed by atoms with van der Waals surface area (Å²) in [5.74, 6) is 0.299. The summed E-state index contributed by atoms with van der Waals surface area (Å²) >= 11 is 0. The maximum atomic E-state index is 11.1. The Morgan fingerprint density at radius 3 is 2.28 bits per heavy atom. The number of aldehydes is 1. The third kappa shape index (κ3) is 4.22. The van der Waals surface area contributed by atoms with E-state index >= 15 is 0 Å². The highest BCUT2D eigenvalue weighted by molar-refractivity contribution is 5.76. The zero-order valence-electron chi connectivity index (χ0n) is 15.9. The molecule has 0 bridgehead atoms. The van der Waals surface area contributed by atoms with Gasteiger partial charge in [0.25, 0.3) is 0 Å². The van der Waals surface area contributed by atoms with E-state index in [4.69, 9.17) is 0 Å². The number of hydrogen-bond acceptors (Lipinski definition) is 3. The number of hydrogen-bond donors (Lipinski definition) is 1. The van der Waals surface area contributed by atoms with Gasteiger partial charge in [-0.15, -0.1) is 0 Å². The topological polar surface area (TPSA) is 40.5 Å². The number of benzene rings is 2. The second-order valence-electron chi connectivity index (χ2n) is 7.09. The van der Waals surface area contributed by atoms with E-state index in [2.05, 4.69) is 63.8 Å². The zero-order chi connectivity index (χ0) is 18.6. The van der Waals surface area contributed by atoms with Gasteiger partial charge in [-0.2, -0.15) is 0 Å². The van der Waals surface area contributed by atoms with Crippen molar-refractivity contribution < 1.29 is 9.90 Å². The Bertz CT molecular complexity index is 714. The van der Waals surface area contributed by atoms with Crippen molar-refractivity contribution in [3.05, 3.63) is 59.2 Å². The molecule has 25 heavy (non-hydrogen) atoms. The standard InChI is InChI=1S/C22H29NO2/c1-6-20(21-12-17(14-24)10-11-22(21)25)18-8-7-9-19(13-18)23(15(2)3)16(4)5/h7-16,20,25H,6H2,1-5H3. The number of nitrogens with zero attached hydrogens (tertiary/aromatic N) is 1. The molecule has 2 rings (SSSR count). The van der Waals surface area contributed by atoms with Crippen molar-refractivity contribution in [2.45, 2.75) is 59.0 Å². The van der Waals surface area contributed by atoms with Crippen LogP contribution < -0.4 is 4.90 Å². The molecule has 0 aliphatic rings. The molecule has 3 heteroatoms. The van der Waals surface area contributed by atoms with Crippen molar-refractivity contribution in [2.75, 3.05) is 4.90 Å². The first-order valence-corrected chi connectivity index (χ1v) is 9.05. The largest absolute Gasteiger partial charge is 0.508 e. The third-order valence-corrected chi connectivity index (χ3v) is 4.65. The van der Waals surface area contributed by atoms with Crippen molar-refractivity contribution in [1.29, 1.82) is 0 Å². The minimum absolute atomic E-state index is 0.0565. The molecule has 0 radical (unpaired) electrons. The van der Waals surface area contributed by atoms with E-state index in [1.165, 1.54) is 5.69 Å². The average Bonchev–Trinajstić information content (AvgIpc) is 2.57. The SMILES string of the molecule is CCC(c1cccc(N(C(C)C)C(C)C)c1)c1cc(C=O)ccc1O. The first-order valence-electron chi connectivity index (χ1n) is 9.05. The molecule has 0 fully saturated rings. The molecule has 134 valence electrons. The molecule has 2 aromatic carbocycles. The predicted molar refractivity (Wildman–Crippen MR) is 105 cm³/mol. The summed E-state index contributed by atoms with van der Waals surface area (Å²) < 4.78 is 0. The lowest BCUT2D eigenvalue weighted by Gasteiger charge is -2.34. The van der Waals surface area contributed by atoms with Gasteiger partial charge in [-0.05, 0) is 70.0 Å². The fourth-order valence-electron chi connectivity index (χ4n) is 3.66. The Morgan fingerprint density at radius 2 is 1.72 bits per heavy atom. The second kappa shape index (κ2) is 8.19. The van der Waals surface area contributed by atoms with Crippen LogP contribution in [0.4, 0.5) is 5.69 Å². The van der Waals surface area contributed by atoms with Gasteiger partial charge in [0.2, 0.25) is 0 Å². The zero-order valence-corrected chi connectivity index (χ0v) is 15.9. The number of phenolic OH excluding ortho intramolecular Hbond substituents is 1. The second-order valence-corrected chi connectivity index (χ2v) is 7.09. The number of carbonyl (C=O) groups is 1. The molecule has 2 aromatic rings. The fourth-order valence-corrected chi connectivity index (χ4v) is 3.66.